The summed E-state index contributed by atoms with van der Waals surface area (Å²) < 4.78 is 41.4. The van der Waals surface area contributed by atoms with Crippen LogP contribution in [0.3, 0.4) is 0 Å². The molecule has 0 radical (unpaired) electrons. The highest BCUT2D eigenvalue weighted by molar-refractivity contribution is 7.89. The zero-order valence-electron chi connectivity index (χ0n) is 23.7. The number of carbonyl (C=O) groups excluding carboxylic acids is 3. The number of nitrogens with zero attached hydrogens (tertiary/aromatic N) is 3. The van der Waals surface area contributed by atoms with Crippen molar-refractivity contribution in [1.29, 1.82) is 0 Å². The fraction of sp³-hybridized carbons (Fsp3) is 0.355. The molecule has 0 bridgehead atoms. The number of aromatic nitrogens is 1. The number of carbonyl (C=O) groups is 3. The van der Waals surface area contributed by atoms with Crippen molar-refractivity contribution in [2.75, 3.05) is 13.1 Å². The van der Waals surface area contributed by atoms with Gasteiger partial charge in [-0.1, -0.05) is 45.0 Å². The number of Topliss-reactive ketones (excluding diaryl/α,β-unsaturated/α-hetero) is 1. The molecule has 0 saturated carbocycles. The molecule has 3 aromatic rings. The lowest BCUT2D eigenvalue weighted by Gasteiger charge is -2.28. The number of pyridine rings is 1. The first-order chi connectivity index (χ1) is 19.9. The topological polar surface area (TPSA) is 117 Å². The van der Waals surface area contributed by atoms with Crippen LogP contribution in [0.1, 0.15) is 48.7 Å². The zero-order chi connectivity index (χ0) is 30.2. The molecule has 2 fully saturated rings. The summed E-state index contributed by atoms with van der Waals surface area (Å²) in [5.41, 5.74) is 1.93. The number of hydrogen-bond acceptors (Lipinski definition) is 6. The van der Waals surface area contributed by atoms with E-state index in [1.54, 1.807) is 12.1 Å². The van der Waals surface area contributed by atoms with Crippen LogP contribution in [0.15, 0.2) is 78.0 Å². The molecule has 2 saturated heterocycles. The normalized spacial score (nSPS) is 19.9. The maximum atomic E-state index is 14.0. The minimum absolute atomic E-state index is 0.0258. The minimum Gasteiger partial charge on any atom is -0.340 e. The van der Waals surface area contributed by atoms with E-state index in [0.717, 1.165) is 9.87 Å². The van der Waals surface area contributed by atoms with E-state index in [-0.39, 0.29) is 42.0 Å². The molecule has 3 heterocycles. The molecule has 0 aliphatic carbocycles. The van der Waals surface area contributed by atoms with Crippen LogP contribution in [-0.4, -0.2) is 71.4 Å². The van der Waals surface area contributed by atoms with Gasteiger partial charge in [-0.15, -0.1) is 0 Å². The van der Waals surface area contributed by atoms with Crippen molar-refractivity contribution in [2.24, 2.45) is 0 Å². The van der Waals surface area contributed by atoms with Gasteiger partial charge in [0.25, 0.3) is 5.91 Å². The van der Waals surface area contributed by atoms with Gasteiger partial charge in [0.2, 0.25) is 15.9 Å². The molecule has 1 aromatic heterocycles. The summed E-state index contributed by atoms with van der Waals surface area (Å²) in [5, 5.41) is 2.82. The fourth-order valence-electron chi connectivity index (χ4n) is 5.60. The van der Waals surface area contributed by atoms with E-state index in [1.165, 1.54) is 53.7 Å². The van der Waals surface area contributed by atoms with Crippen molar-refractivity contribution in [1.82, 2.24) is 19.5 Å². The second-order valence-electron chi connectivity index (χ2n) is 11.7. The van der Waals surface area contributed by atoms with Crippen LogP contribution in [0.5, 0.6) is 0 Å². The molecular weight excluding hydrogens is 559 g/mol. The Morgan fingerprint density at radius 3 is 2.38 bits per heavy atom. The van der Waals surface area contributed by atoms with E-state index in [1.807, 2.05) is 12.1 Å². The first-order valence-corrected chi connectivity index (χ1v) is 15.2. The standard InChI is InChI=1S/C31H33FN4O5S/c1-31(2,3)22-10-8-21(9-11-22)29(38)34-25(17-20-6-12-23(32)13-7-20)30(39)35-16-14-26-28(35)27(37)19-36(26)42(40,41)24-5-4-15-33-18-24/h4-13,15,18,25-26,28H,14,16-17,19H2,1-3H3,(H,34,38). The number of ketones is 1. The molecule has 2 amide bonds. The second kappa shape index (κ2) is 11.4. The summed E-state index contributed by atoms with van der Waals surface area (Å²) in [6, 6.07) is 12.9. The van der Waals surface area contributed by atoms with Crippen LogP contribution in [0, 0.1) is 5.82 Å². The Hall–Kier alpha value is -3.96. The van der Waals surface area contributed by atoms with E-state index in [2.05, 4.69) is 31.1 Å². The summed E-state index contributed by atoms with van der Waals surface area (Å²) >= 11 is 0. The molecule has 3 atom stereocenters. The third-order valence-electron chi connectivity index (χ3n) is 7.87. The number of fused-ring (bicyclic) bond motifs is 1. The highest BCUT2D eigenvalue weighted by atomic mass is 32.2. The third-order valence-corrected chi connectivity index (χ3v) is 9.73. The van der Waals surface area contributed by atoms with Crippen LogP contribution >= 0.6 is 0 Å². The van der Waals surface area contributed by atoms with E-state index < -0.39 is 45.8 Å². The predicted molar refractivity (Wildman–Crippen MR) is 154 cm³/mol. The lowest BCUT2D eigenvalue weighted by atomic mass is 9.86. The lowest BCUT2D eigenvalue weighted by Crippen LogP contribution is -2.53. The van der Waals surface area contributed by atoms with Crippen LogP contribution in [-0.2, 0) is 31.4 Å². The highest BCUT2D eigenvalue weighted by Crippen LogP contribution is 2.34. The Labute approximate surface area is 244 Å². The third kappa shape index (κ3) is 5.84. The van der Waals surface area contributed by atoms with Gasteiger partial charge in [-0.2, -0.15) is 4.31 Å². The molecular formula is C31H33FN4O5S. The van der Waals surface area contributed by atoms with Gasteiger partial charge in [-0.05, 0) is 59.4 Å². The Kier molecular flexibility index (Phi) is 8.00. The molecule has 0 spiro atoms. The summed E-state index contributed by atoms with van der Waals surface area (Å²) in [6.07, 6.45) is 3.02. The van der Waals surface area contributed by atoms with Crippen LogP contribution in [0.2, 0.25) is 0 Å². The Balaban J connectivity index is 1.39. The first-order valence-electron chi connectivity index (χ1n) is 13.8. The fourth-order valence-corrected chi connectivity index (χ4v) is 7.19. The maximum absolute atomic E-state index is 14.0. The van der Waals surface area contributed by atoms with E-state index in [9.17, 15) is 27.2 Å². The smallest absolute Gasteiger partial charge is 0.251 e. The number of nitrogens with one attached hydrogen (secondary N) is 1. The highest BCUT2D eigenvalue weighted by Gasteiger charge is 2.54. The van der Waals surface area contributed by atoms with E-state index in [4.69, 9.17) is 0 Å². The van der Waals surface area contributed by atoms with Gasteiger partial charge >= 0.3 is 0 Å². The quantitative estimate of drug-likeness (QED) is 0.451. The molecule has 5 rings (SSSR count). The molecule has 220 valence electrons. The number of amides is 2. The number of hydrogen-bond donors (Lipinski definition) is 1. The van der Waals surface area contributed by atoms with Crippen molar-refractivity contribution in [2.45, 2.75) is 62.0 Å². The average Bonchev–Trinajstić information content (AvgIpc) is 3.55. The Morgan fingerprint density at radius 2 is 1.76 bits per heavy atom. The van der Waals surface area contributed by atoms with Gasteiger partial charge in [0.15, 0.2) is 5.78 Å². The molecule has 42 heavy (non-hydrogen) atoms. The van der Waals surface area contributed by atoms with E-state index >= 15 is 0 Å². The molecule has 11 heteroatoms. The minimum atomic E-state index is -4.01. The Bertz CT molecular complexity index is 1590. The van der Waals surface area contributed by atoms with Crippen molar-refractivity contribution in [3.8, 4) is 0 Å². The van der Waals surface area contributed by atoms with Crippen molar-refractivity contribution >= 4 is 27.6 Å². The molecule has 2 aromatic carbocycles. The second-order valence-corrected chi connectivity index (χ2v) is 13.6. The van der Waals surface area contributed by atoms with Gasteiger partial charge < -0.3 is 10.2 Å². The van der Waals surface area contributed by atoms with Crippen molar-refractivity contribution < 1.29 is 27.2 Å². The largest absolute Gasteiger partial charge is 0.340 e. The van der Waals surface area contributed by atoms with Gasteiger partial charge in [0.1, 0.15) is 22.8 Å². The van der Waals surface area contributed by atoms with Gasteiger partial charge in [-0.25, -0.2) is 12.8 Å². The average molecular weight is 593 g/mol. The van der Waals surface area contributed by atoms with Gasteiger partial charge in [0, 0.05) is 30.9 Å². The summed E-state index contributed by atoms with van der Waals surface area (Å²) in [5.74, 6) is -1.79. The van der Waals surface area contributed by atoms with Crippen molar-refractivity contribution in [3.05, 3.63) is 95.6 Å². The molecule has 9 nitrogen and oxygen atoms in total. The molecule has 2 aliphatic rings. The van der Waals surface area contributed by atoms with Crippen LogP contribution < -0.4 is 5.32 Å². The number of rotatable bonds is 7. The molecule has 2 aliphatic heterocycles. The number of halogens is 1. The molecule has 1 N–H and O–H groups in total. The molecule has 3 unspecified atom stereocenters. The number of likely N-dealkylation sites (tertiary alicyclic amines) is 1. The summed E-state index contributed by atoms with van der Waals surface area (Å²) in [7, 11) is -4.01. The Morgan fingerprint density at radius 1 is 1.07 bits per heavy atom. The SMILES string of the molecule is CC(C)(C)c1ccc(C(=O)NC(Cc2ccc(F)cc2)C(=O)N2CCC3C2C(=O)CN3S(=O)(=O)c2cccnc2)cc1. The monoisotopic (exact) mass is 592 g/mol. The first kappa shape index (κ1) is 29.5. The van der Waals surface area contributed by atoms with Crippen molar-refractivity contribution in [3.63, 3.8) is 0 Å². The van der Waals surface area contributed by atoms with E-state index in [0.29, 0.717) is 11.1 Å². The zero-order valence-corrected chi connectivity index (χ0v) is 24.5. The lowest BCUT2D eigenvalue weighted by molar-refractivity contribution is -0.138. The maximum Gasteiger partial charge on any atom is 0.251 e. The number of sulfonamides is 1. The number of benzene rings is 2. The van der Waals surface area contributed by atoms with Gasteiger partial charge in [0.05, 0.1) is 12.6 Å². The van der Waals surface area contributed by atoms with Crippen LogP contribution in [0.25, 0.3) is 0 Å². The van der Waals surface area contributed by atoms with Gasteiger partial charge in [-0.3, -0.25) is 19.4 Å². The summed E-state index contributed by atoms with van der Waals surface area (Å²) in [4.78, 5) is 45.7. The predicted octanol–water partition coefficient (Wildman–Crippen LogP) is 3.10. The van der Waals surface area contributed by atoms with Crippen LogP contribution in [0.4, 0.5) is 4.39 Å². The summed E-state index contributed by atoms with van der Waals surface area (Å²) in [6.45, 7) is 5.99.